The molecular formula is C25H25N5O4. The van der Waals surface area contributed by atoms with Gasteiger partial charge in [-0.3, -0.25) is 14.2 Å². The molecule has 0 aliphatic carbocycles. The molecule has 0 saturated heterocycles. The lowest BCUT2D eigenvalue weighted by atomic mass is 10.1. The molecule has 174 valence electrons. The molecule has 9 heteroatoms. The van der Waals surface area contributed by atoms with Crippen molar-refractivity contribution in [3.63, 3.8) is 0 Å². The SMILES string of the molecule is CCOC(=O)c1cnn(-c2cccc(NC(=O)CCn3cnc4c(C)cccc4c3=O)c2)c1C. The Labute approximate surface area is 196 Å². The molecule has 0 saturated carbocycles. The summed E-state index contributed by atoms with van der Waals surface area (Å²) < 4.78 is 8.12. The van der Waals surface area contributed by atoms with E-state index in [0.29, 0.717) is 33.5 Å². The molecule has 1 N–H and O–H groups in total. The van der Waals surface area contributed by atoms with Gasteiger partial charge in [0.15, 0.2) is 0 Å². The molecule has 2 aromatic carbocycles. The summed E-state index contributed by atoms with van der Waals surface area (Å²) in [6.45, 7) is 5.93. The van der Waals surface area contributed by atoms with Crippen molar-refractivity contribution in [3.8, 4) is 5.69 Å². The molecule has 2 aromatic heterocycles. The van der Waals surface area contributed by atoms with Crippen LogP contribution in [0.2, 0.25) is 0 Å². The first-order chi connectivity index (χ1) is 16.4. The molecule has 34 heavy (non-hydrogen) atoms. The monoisotopic (exact) mass is 459 g/mol. The average Bonchev–Trinajstić information content (AvgIpc) is 3.21. The zero-order valence-corrected chi connectivity index (χ0v) is 19.2. The standard InChI is InChI=1S/C25H25N5O4/c1-4-34-25(33)21-14-27-30(17(21)3)19-9-6-8-18(13-19)28-22(31)11-12-29-15-26-23-16(2)7-5-10-20(23)24(29)32/h5-10,13-15H,4,11-12H2,1-3H3,(H,28,31). The van der Waals surface area contributed by atoms with Gasteiger partial charge in [-0.15, -0.1) is 0 Å². The second-order valence-corrected chi connectivity index (χ2v) is 7.84. The summed E-state index contributed by atoms with van der Waals surface area (Å²) in [5.74, 6) is -0.665. The Kier molecular flexibility index (Phi) is 6.53. The second kappa shape index (κ2) is 9.70. The van der Waals surface area contributed by atoms with Crippen LogP contribution in [-0.4, -0.2) is 37.8 Å². The lowest BCUT2D eigenvalue weighted by Crippen LogP contribution is -2.23. The van der Waals surface area contributed by atoms with Crippen LogP contribution in [0.5, 0.6) is 0 Å². The minimum Gasteiger partial charge on any atom is -0.462 e. The molecule has 4 aromatic rings. The second-order valence-electron chi connectivity index (χ2n) is 7.84. The first kappa shape index (κ1) is 22.9. The lowest BCUT2D eigenvalue weighted by molar-refractivity contribution is -0.116. The number of rotatable bonds is 7. The van der Waals surface area contributed by atoms with E-state index in [-0.39, 0.29) is 31.0 Å². The van der Waals surface area contributed by atoms with Crippen molar-refractivity contribution in [2.45, 2.75) is 33.7 Å². The van der Waals surface area contributed by atoms with Gasteiger partial charge in [0, 0.05) is 18.7 Å². The number of hydrogen-bond donors (Lipinski definition) is 1. The normalized spacial score (nSPS) is 10.9. The fourth-order valence-corrected chi connectivity index (χ4v) is 3.74. The van der Waals surface area contributed by atoms with E-state index in [9.17, 15) is 14.4 Å². The number of fused-ring (bicyclic) bond motifs is 1. The fourth-order valence-electron chi connectivity index (χ4n) is 3.74. The number of benzene rings is 2. The van der Waals surface area contributed by atoms with E-state index in [1.54, 1.807) is 42.8 Å². The van der Waals surface area contributed by atoms with Crippen LogP contribution in [-0.2, 0) is 16.1 Å². The molecular weight excluding hydrogens is 434 g/mol. The number of ether oxygens (including phenoxy) is 1. The topological polar surface area (TPSA) is 108 Å². The Morgan fingerprint density at radius 1 is 1.12 bits per heavy atom. The maximum absolute atomic E-state index is 12.7. The third kappa shape index (κ3) is 4.59. The van der Waals surface area contributed by atoms with Crippen LogP contribution in [0.4, 0.5) is 5.69 Å². The molecule has 0 radical (unpaired) electrons. The van der Waals surface area contributed by atoms with Gasteiger partial charge in [-0.1, -0.05) is 18.2 Å². The van der Waals surface area contributed by atoms with Crippen LogP contribution in [0, 0.1) is 13.8 Å². The summed E-state index contributed by atoms with van der Waals surface area (Å²) in [5, 5.41) is 7.67. The highest BCUT2D eigenvalue weighted by molar-refractivity contribution is 5.91. The third-order valence-corrected chi connectivity index (χ3v) is 5.51. The van der Waals surface area contributed by atoms with Crippen molar-refractivity contribution in [2.75, 3.05) is 11.9 Å². The number of para-hydroxylation sites is 1. The van der Waals surface area contributed by atoms with E-state index in [1.165, 1.54) is 17.1 Å². The minimum atomic E-state index is -0.427. The fraction of sp³-hybridized carbons (Fsp3) is 0.240. The van der Waals surface area contributed by atoms with Gasteiger partial charge in [0.2, 0.25) is 5.91 Å². The highest BCUT2D eigenvalue weighted by atomic mass is 16.5. The third-order valence-electron chi connectivity index (χ3n) is 5.51. The van der Waals surface area contributed by atoms with Crippen molar-refractivity contribution in [2.24, 2.45) is 0 Å². The van der Waals surface area contributed by atoms with Crippen molar-refractivity contribution in [1.82, 2.24) is 19.3 Å². The van der Waals surface area contributed by atoms with E-state index in [0.717, 1.165) is 5.56 Å². The van der Waals surface area contributed by atoms with Gasteiger partial charge < -0.3 is 10.1 Å². The molecule has 0 atom stereocenters. The van der Waals surface area contributed by atoms with Gasteiger partial charge in [0.1, 0.15) is 5.56 Å². The molecule has 9 nitrogen and oxygen atoms in total. The lowest BCUT2D eigenvalue weighted by Gasteiger charge is -2.10. The first-order valence-corrected chi connectivity index (χ1v) is 11.0. The van der Waals surface area contributed by atoms with E-state index in [4.69, 9.17) is 4.74 Å². The van der Waals surface area contributed by atoms with Crippen LogP contribution >= 0.6 is 0 Å². The van der Waals surface area contributed by atoms with E-state index >= 15 is 0 Å². The Morgan fingerprint density at radius 2 is 1.91 bits per heavy atom. The summed E-state index contributed by atoms with van der Waals surface area (Å²) in [4.78, 5) is 41.7. The number of nitrogens with zero attached hydrogens (tertiary/aromatic N) is 4. The molecule has 4 rings (SSSR count). The smallest absolute Gasteiger partial charge is 0.341 e. The summed E-state index contributed by atoms with van der Waals surface area (Å²) in [5.41, 5.74) is 3.73. The van der Waals surface area contributed by atoms with Gasteiger partial charge >= 0.3 is 5.97 Å². The van der Waals surface area contributed by atoms with Crippen LogP contribution in [0.15, 0.2) is 59.8 Å². The zero-order chi connectivity index (χ0) is 24.2. The van der Waals surface area contributed by atoms with Gasteiger partial charge in [0.25, 0.3) is 5.56 Å². The number of aryl methyl sites for hydroxylation is 2. The largest absolute Gasteiger partial charge is 0.462 e. The number of amides is 1. The van der Waals surface area contributed by atoms with E-state index < -0.39 is 5.97 Å². The predicted octanol–water partition coefficient (Wildman–Crippen LogP) is 3.40. The van der Waals surface area contributed by atoms with Crippen molar-refractivity contribution < 1.29 is 14.3 Å². The van der Waals surface area contributed by atoms with Crippen LogP contribution < -0.4 is 10.9 Å². The summed E-state index contributed by atoms with van der Waals surface area (Å²) in [7, 11) is 0. The zero-order valence-electron chi connectivity index (χ0n) is 19.2. The summed E-state index contributed by atoms with van der Waals surface area (Å²) in [6.07, 6.45) is 3.06. The molecule has 1 amide bonds. The first-order valence-electron chi connectivity index (χ1n) is 11.0. The van der Waals surface area contributed by atoms with Gasteiger partial charge in [-0.2, -0.15) is 5.10 Å². The Morgan fingerprint density at radius 3 is 2.71 bits per heavy atom. The minimum absolute atomic E-state index is 0.108. The number of anilines is 1. The number of nitrogens with one attached hydrogen (secondary N) is 1. The molecule has 0 unspecified atom stereocenters. The predicted molar refractivity (Wildman–Crippen MR) is 128 cm³/mol. The number of hydrogen-bond acceptors (Lipinski definition) is 6. The van der Waals surface area contributed by atoms with Crippen molar-refractivity contribution in [3.05, 3.63) is 82.2 Å². The van der Waals surface area contributed by atoms with Gasteiger partial charge in [0.05, 0.1) is 41.4 Å². The van der Waals surface area contributed by atoms with Gasteiger partial charge in [-0.25, -0.2) is 14.5 Å². The van der Waals surface area contributed by atoms with E-state index in [1.807, 2.05) is 25.1 Å². The number of carbonyl (C=O) groups is 2. The molecule has 0 fully saturated rings. The molecule has 0 aliphatic rings. The number of aromatic nitrogens is 4. The average molecular weight is 460 g/mol. The maximum atomic E-state index is 12.7. The maximum Gasteiger partial charge on any atom is 0.341 e. The Bertz CT molecular complexity index is 1440. The number of esters is 1. The Balaban J connectivity index is 1.45. The van der Waals surface area contributed by atoms with Crippen LogP contribution in [0.3, 0.4) is 0 Å². The van der Waals surface area contributed by atoms with Gasteiger partial charge in [-0.05, 0) is 50.6 Å². The van der Waals surface area contributed by atoms with Crippen LogP contribution in [0.25, 0.3) is 16.6 Å². The molecule has 2 heterocycles. The Hall–Kier alpha value is -4.27. The van der Waals surface area contributed by atoms with Crippen LogP contribution in [0.1, 0.15) is 35.0 Å². The highest BCUT2D eigenvalue weighted by Gasteiger charge is 2.16. The van der Waals surface area contributed by atoms with E-state index in [2.05, 4.69) is 15.4 Å². The number of carbonyl (C=O) groups excluding carboxylic acids is 2. The summed E-state index contributed by atoms with van der Waals surface area (Å²) >= 11 is 0. The summed E-state index contributed by atoms with van der Waals surface area (Å²) in [6, 6.07) is 12.6. The van der Waals surface area contributed by atoms with Crippen molar-refractivity contribution >= 4 is 28.5 Å². The molecule has 0 bridgehead atoms. The highest BCUT2D eigenvalue weighted by Crippen LogP contribution is 2.19. The quantitative estimate of drug-likeness (QED) is 0.425. The van der Waals surface area contributed by atoms with Crippen molar-refractivity contribution in [1.29, 1.82) is 0 Å². The molecule has 0 aliphatic heterocycles. The molecule has 0 spiro atoms.